The van der Waals surface area contributed by atoms with Gasteiger partial charge in [-0.25, -0.2) is 0 Å². The maximum absolute atomic E-state index is 6.28. The van der Waals surface area contributed by atoms with Crippen molar-refractivity contribution in [3.05, 3.63) is 29.8 Å². The summed E-state index contributed by atoms with van der Waals surface area (Å²) in [6.07, 6.45) is 3.77. The number of rotatable bonds is 2. The number of hydrogen-bond donors (Lipinski definition) is 1. The summed E-state index contributed by atoms with van der Waals surface area (Å²) in [5.74, 6) is 2.57. The van der Waals surface area contributed by atoms with E-state index in [0.717, 1.165) is 43.8 Å². The van der Waals surface area contributed by atoms with Gasteiger partial charge in [-0.1, -0.05) is 32.0 Å². The Morgan fingerprint density at radius 3 is 2.67 bits per heavy atom. The van der Waals surface area contributed by atoms with Crippen LogP contribution in [0.1, 0.15) is 38.7 Å². The lowest BCUT2D eigenvalue weighted by Gasteiger charge is -2.49. The minimum absolute atomic E-state index is 0.151. The Morgan fingerprint density at radius 2 is 1.95 bits per heavy atom. The lowest BCUT2D eigenvalue weighted by molar-refractivity contribution is 0.0105. The molecule has 2 unspecified atom stereocenters. The molecule has 2 aliphatic rings. The summed E-state index contributed by atoms with van der Waals surface area (Å²) in [6.45, 7) is 8.22. The van der Waals surface area contributed by atoms with Gasteiger partial charge in [0, 0.05) is 30.7 Å². The van der Waals surface area contributed by atoms with Gasteiger partial charge in [0.25, 0.3) is 0 Å². The van der Waals surface area contributed by atoms with Gasteiger partial charge >= 0.3 is 0 Å². The van der Waals surface area contributed by atoms with Gasteiger partial charge in [0.2, 0.25) is 0 Å². The van der Waals surface area contributed by atoms with E-state index in [1.807, 2.05) is 0 Å². The Balaban J connectivity index is 1.87. The molecule has 3 nitrogen and oxygen atoms in total. The number of hydrogen-bond acceptors (Lipinski definition) is 3. The van der Waals surface area contributed by atoms with Crippen LogP contribution in [0.5, 0.6) is 5.75 Å². The van der Waals surface area contributed by atoms with E-state index in [9.17, 15) is 0 Å². The third-order valence-electron chi connectivity index (χ3n) is 5.26. The minimum Gasteiger partial charge on any atom is -0.492 e. The molecular formula is C18H28N2O. The van der Waals surface area contributed by atoms with E-state index in [2.05, 4.69) is 43.0 Å². The molecule has 3 rings (SSSR count). The average molecular weight is 288 g/mol. The monoisotopic (exact) mass is 288 g/mol. The third-order valence-corrected chi connectivity index (χ3v) is 5.26. The molecule has 1 aromatic rings. The second kappa shape index (κ2) is 5.98. The highest BCUT2D eigenvalue weighted by Crippen LogP contribution is 2.41. The van der Waals surface area contributed by atoms with Gasteiger partial charge in [-0.05, 0) is 37.2 Å². The summed E-state index contributed by atoms with van der Waals surface area (Å²) in [5, 5.41) is 0. The quantitative estimate of drug-likeness (QED) is 0.909. The highest BCUT2D eigenvalue weighted by molar-refractivity contribution is 5.34. The molecule has 1 fully saturated rings. The SMILES string of the molecule is CC1CC(C)CC(CN)(N2CCOc3ccccc3C2)C1. The molecule has 1 saturated carbocycles. The highest BCUT2D eigenvalue weighted by Gasteiger charge is 2.42. The van der Waals surface area contributed by atoms with Gasteiger partial charge < -0.3 is 10.5 Å². The fourth-order valence-electron chi connectivity index (χ4n) is 4.52. The van der Waals surface area contributed by atoms with Crippen molar-refractivity contribution < 1.29 is 4.74 Å². The topological polar surface area (TPSA) is 38.5 Å². The first kappa shape index (κ1) is 14.9. The summed E-state index contributed by atoms with van der Waals surface area (Å²) >= 11 is 0. The maximum Gasteiger partial charge on any atom is 0.123 e. The molecule has 3 heteroatoms. The number of fused-ring (bicyclic) bond motifs is 1. The van der Waals surface area contributed by atoms with Crippen LogP contribution < -0.4 is 10.5 Å². The molecule has 21 heavy (non-hydrogen) atoms. The summed E-state index contributed by atoms with van der Waals surface area (Å²) in [4.78, 5) is 2.60. The largest absolute Gasteiger partial charge is 0.492 e. The summed E-state index contributed by atoms with van der Waals surface area (Å²) in [7, 11) is 0. The van der Waals surface area contributed by atoms with Crippen LogP contribution in [-0.2, 0) is 6.54 Å². The van der Waals surface area contributed by atoms with Crippen LogP contribution in [0, 0.1) is 11.8 Å². The molecule has 0 spiro atoms. The maximum atomic E-state index is 6.28. The molecule has 116 valence electrons. The van der Waals surface area contributed by atoms with Crippen LogP contribution >= 0.6 is 0 Å². The van der Waals surface area contributed by atoms with Gasteiger partial charge in [0.1, 0.15) is 12.4 Å². The van der Waals surface area contributed by atoms with Gasteiger partial charge in [0.15, 0.2) is 0 Å². The van der Waals surface area contributed by atoms with Crippen molar-refractivity contribution in [2.75, 3.05) is 19.7 Å². The number of para-hydroxylation sites is 1. The van der Waals surface area contributed by atoms with Crippen molar-refractivity contribution in [2.45, 2.75) is 45.2 Å². The second-order valence-corrected chi connectivity index (χ2v) is 7.16. The molecule has 2 atom stereocenters. The summed E-state index contributed by atoms with van der Waals surface area (Å²) in [5.41, 5.74) is 7.73. The Morgan fingerprint density at radius 1 is 1.24 bits per heavy atom. The van der Waals surface area contributed by atoms with Crippen molar-refractivity contribution >= 4 is 0 Å². The van der Waals surface area contributed by atoms with Crippen molar-refractivity contribution in [1.29, 1.82) is 0 Å². The average Bonchev–Trinajstić information content (AvgIpc) is 2.68. The van der Waals surface area contributed by atoms with Crippen molar-refractivity contribution in [3.63, 3.8) is 0 Å². The standard InChI is InChI=1S/C18H28N2O/c1-14-9-15(2)11-18(10-14,13-19)20-7-8-21-17-6-4-3-5-16(17)12-20/h3-6,14-15H,7-13,19H2,1-2H3. The molecule has 0 bridgehead atoms. The molecule has 0 saturated heterocycles. The zero-order chi connectivity index (χ0) is 14.9. The zero-order valence-corrected chi connectivity index (χ0v) is 13.3. The van der Waals surface area contributed by atoms with E-state index in [0.29, 0.717) is 0 Å². The number of nitrogens with zero attached hydrogens (tertiary/aromatic N) is 1. The molecule has 0 amide bonds. The first-order valence-corrected chi connectivity index (χ1v) is 8.29. The van der Waals surface area contributed by atoms with Crippen LogP contribution in [0.4, 0.5) is 0 Å². The van der Waals surface area contributed by atoms with Crippen LogP contribution in [0.2, 0.25) is 0 Å². The Hall–Kier alpha value is -1.06. The predicted octanol–water partition coefficient (Wildman–Crippen LogP) is 3.03. The Kier molecular flexibility index (Phi) is 4.23. The van der Waals surface area contributed by atoms with E-state index in [4.69, 9.17) is 10.5 Å². The van der Waals surface area contributed by atoms with Crippen LogP contribution in [0.3, 0.4) is 0 Å². The molecule has 0 aromatic heterocycles. The summed E-state index contributed by atoms with van der Waals surface area (Å²) in [6, 6.07) is 8.43. The first-order valence-electron chi connectivity index (χ1n) is 8.29. The fourth-order valence-corrected chi connectivity index (χ4v) is 4.52. The Labute approximate surface area is 128 Å². The Bertz CT molecular complexity index is 478. The molecule has 1 heterocycles. The minimum atomic E-state index is 0.151. The van der Waals surface area contributed by atoms with Gasteiger partial charge in [-0.2, -0.15) is 0 Å². The highest BCUT2D eigenvalue weighted by atomic mass is 16.5. The van der Waals surface area contributed by atoms with Gasteiger partial charge in [-0.3, -0.25) is 4.90 Å². The lowest BCUT2D eigenvalue weighted by Crippen LogP contribution is -2.57. The molecule has 1 aliphatic heterocycles. The zero-order valence-electron chi connectivity index (χ0n) is 13.3. The normalized spacial score (nSPS) is 33.9. The number of nitrogens with two attached hydrogens (primary N) is 1. The fraction of sp³-hybridized carbons (Fsp3) is 0.667. The lowest BCUT2D eigenvalue weighted by atomic mass is 9.70. The van der Waals surface area contributed by atoms with Crippen molar-refractivity contribution in [1.82, 2.24) is 4.90 Å². The van der Waals surface area contributed by atoms with Crippen molar-refractivity contribution in [2.24, 2.45) is 17.6 Å². The van der Waals surface area contributed by atoms with Crippen LogP contribution in [0.25, 0.3) is 0 Å². The number of ether oxygens (including phenoxy) is 1. The number of benzene rings is 1. The first-order chi connectivity index (χ1) is 10.1. The van der Waals surface area contributed by atoms with E-state index in [1.54, 1.807) is 0 Å². The smallest absolute Gasteiger partial charge is 0.123 e. The molecule has 2 N–H and O–H groups in total. The second-order valence-electron chi connectivity index (χ2n) is 7.16. The molecule has 1 aliphatic carbocycles. The third kappa shape index (κ3) is 2.95. The van der Waals surface area contributed by atoms with Crippen LogP contribution in [-0.4, -0.2) is 30.1 Å². The van der Waals surface area contributed by atoms with Gasteiger partial charge in [-0.15, -0.1) is 0 Å². The van der Waals surface area contributed by atoms with Gasteiger partial charge in [0.05, 0.1) is 0 Å². The molecule has 0 radical (unpaired) electrons. The van der Waals surface area contributed by atoms with E-state index in [-0.39, 0.29) is 5.54 Å². The summed E-state index contributed by atoms with van der Waals surface area (Å²) < 4.78 is 5.93. The predicted molar refractivity (Wildman–Crippen MR) is 86.3 cm³/mol. The molecular weight excluding hydrogens is 260 g/mol. The molecule has 1 aromatic carbocycles. The van der Waals surface area contributed by atoms with E-state index in [1.165, 1.54) is 24.8 Å². The van der Waals surface area contributed by atoms with E-state index < -0.39 is 0 Å². The van der Waals surface area contributed by atoms with Crippen LogP contribution in [0.15, 0.2) is 24.3 Å². The van der Waals surface area contributed by atoms with Crippen molar-refractivity contribution in [3.8, 4) is 5.75 Å². The van der Waals surface area contributed by atoms with E-state index >= 15 is 0 Å².